The van der Waals surface area contributed by atoms with Crippen molar-refractivity contribution in [1.29, 1.82) is 0 Å². The Kier molecular flexibility index (Phi) is 6.93. The molecule has 6 heteroatoms. The van der Waals surface area contributed by atoms with E-state index in [4.69, 9.17) is 9.15 Å². The van der Waals surface area contributed by atoms with Crippen LogP contribution in [-0.2, 0) is 21.7 Å². The van der Waals surface area contributed by atoms with E-state index in [0.717, 1.165) is 12.1 Å². The number of ether oxygens (including phenoxy) is 1. The number of esters is 1. The molecule has 0 aliphatic carbocycles. The summed E-state index contributed by atoms with van der Waals surface area (Å²) < 4.78 is 10.3. The molecule has 128 valence electrons. The molecule has 0 bridgehead atoms. The van der Waals surface area contributed by atoms with E-state index in [-0.39, 0.29) is 11.7 Å². The molecule has 1 heterocycles. The van der Waals surface area contributed by atoms with E-state index in [0.29, 0.717) is 23.9 Å². The van der Waals surface area contributed by atoms with E-state index >= 15 is 0 Å². The fraction of sp³-hybridized carbons (Fsp3) is 0.333. The minimum absolute atomic E-state index is 0.0681. The van der Waals surface area contributed by atoms with Crippen molar-refractivity contribution in [3.05, 3.63) is 53.5 Å². The average molecular weight is 347 g/mol. The number of hydrogen-bond acceptors (Lipinski definition) is 5. The maximum atomic E-state index is 11.9. The first-order chi connectivity index (χ1) is 11.6. The van der Waals surface area contributed by atoms with Crippen molar-refractivity contribution in [1.82, 2.24) is 0 Å². The van der Waals surface area contributed by atoms with E-state index in [1.807, 2.05) is 24.3 Å². The van der Waals surface area contributed by atoms with Crippen LogP contribution in [0.4, 0.5) is 5.69 Å². The Morgan fingerprint density at radius 1 is 1.12 bits per heavy atom. The molecular formula is C18H21NO4S. The maximum Gasteiger partial charge on any atom is 0.374 e. The number of carbonyl (C=O) groups excluding carboxylic acids is 2. The lowest BCUT2D eigenvalue weighted by molar-refractivity contribution is -0.113. The number of anilines is 1. The van der Waals surface area contributed by atoms with Crippen molar-refractivity contribution >= 4 is 29.3 Å². The zero-order chi connectivity index (χ0) is 17.4. The molecule has 0 fully saturated rings. The van der Waals surface area contributed by atoms with Crippen molar-refractivity contribution in [2.45, 2.75) is 26.0 Å². The van der Waals surface area contributed by atoms with Crippen LogP contribution in [0.2, 0.25) is 0 Å². The molecule has 5 nitrogen and oxygen atoms in total. The summed E-state index contributed by atoms with van der Waals surface area (Å²) in [4.78, 5) is 23.4. The van der Waals surface area contributed by atoms with Crippen molar-refractivity contribution in [2.75, 3.05) is 17.7 Å². The van der Waals surface area contributed by atoms with Gasteiger partial charge in [0.25, 0.3) is 0 Å². The highest BCUT2D eigenvalue weighted by molar-refractivity contribution is 7.99. The van der Waals surface area contributed by atoms with Gasteiger partial charge in [-0.2, -0.15) is 0 Å². The van der Waals surface area contributed by atoms with Gasteiger partial charge >= 0.3 is 5.97 Å². The highest BCUT2D eigenvalue weighted by atomic mass is 32.2. The Balaban J connectivity index is 1.75. The topological polar surface area (TPSA) is 68.5 Å². The van der Waals surface area contributed by atoms with Gasteiger partial charge in [0, 0.05) is 5.69 Å². The molecule has 1 amide bonds. The van der Waals surface area contributed by atoms with Gasteiger partial charge in [0.1, 0.15) is 5.76 Å². The molecule has 0 unspecified atom stereocenters. The fourth-order valence-corrected chi connectivity index (χ4v) is 2.75. The predicted octanol–water partition coefficient (Wildman–Crippen LogP) is 3.89. The largest absolute Gasteiger partial charge is 0.460 e. The standard InChI is InChI=1S/C18H21NO4S/c1-3-13-5-7-14(8-6-13)19-17(20)12-24-11-15-9-10-16(23-15)18(21)22-4-2/h5-10H,3-4,11-12H2,1-2H3,(H,19,20). The molecule has 0 radical (unpaired) electrons. The lowest BCUT2D eigenvalue weighted by Crippen LogP contribution is -2.14. The van der Waals surface area contributed by atoms with Crippen LogP contribution >= 0.6 is 11.8 Å². The number of amides is 1. The number of furan rings is 1. The van der Waals surface area contributed by atoms with Gasteiger partial charge < -0.3 is 14.5 Å². The number of hydrogen-bond donors (Lipinski definition) is 1. The summed E-state index contributed by atoms with van der Waals surface area (Å²) in [6.07, 6.45) is 0.973. The van der Waals surface area contributed by atoms with Crippen molar-refractivity contribution in [3.8, 4) is 0 Å². The fourth-order valence-electron chi connectivity index (χ4n) is 2.03. The lowest BCUT2D eigenvalue weighted by atomic mass is 10.1. The first kappa shape index (κ1) is 18.1. The smallest absolute Gasteiger partial charge is 0.374 e. The number of rotatable bonds is 8. The van der Waals surface area contributed by atoms with Gasteiger partial charge in [-0.25, -0.2) is 4.79 Å². The molecule has 2 rings (SSSR count). The maximum absolute atomic E-state index is 11.9. The van der Waals surface area contributed by atoms with Crippen LogP contribution in [0.5, 0.6) is 0 Å². The van der Waals surface area contributed by atoms with Crippen molar-refractivity contribution in [3.63, 3.8) is 0 Å². The molecule has 0 spiro atoms. The number of thioether (sulfide) groups is 1. The number of aryl methyl sites for hydroxylation is 1. The van der Waals surface area contributed by atoms with E-state index in [9.17, 15) is 9.59 Å². The SMILES string of the molecule is CCOC(=O)c1ccc(CSCC(=O)Nc2ccc(CC)cc2)o1. The normalized spacial score (nSPS) is 10.4. The van der Waals surface area contributed by atoms with Crippen LogP contribution in [-0.4, -0.2) is 24.2 Å². The molecule has 0 saturated heterocycles. The summed E-state index contributed by atoms with van der Waals surface area (Å²) in [5.41, 5.74) is 2.03. The van der Waals surface area contributed by atoms with Gasteiger partial charge in [-0.3, -0.25) is 4.79 Å². The predicted molar refractivity (Wildman–Crippen MR) is 95.3 cm³/mol. The van der Waals surface area contributed by atoms with Crippen LogP contribution in [0.25, 0.3) is 0 Å². The molecule has 0 atom stereocenters. The summed E-state index contributed by atoms with van der Waals surface area (Å²) in [5, 5.41) is 2.86. The Morgan fingerprint density at radius 3 is 2.54 bits per heavy atom. The van der Waals surface area contributed by atoms with Gasteiger partial charge in [0.05, 0.1) is 18.1 Å². The zero-order valence-electron chi connectivity index (χ0n) is 13.8. The molecule has 1 aromatic heterocycles. The molecular weight excluding hydrogens is 326 g/mol. The van der Waals surface area contributed by atoms with E-state index in [2.05, 4.69) is 12.2 Å². The number of benzene rings is 1. The Morgan fingerprint density at radius 2 is 1.88 bits per heavy atom. The third-order valence-electron chi connectivity index (χ3n) is 3.26. The quantitative estimate of drug-likeness (QED) is 0.734. The van der Waals surface area contributed by atoms with E-state index in [1.54, 1.807) is 19.1 Å². The summed E-state index contributed by atoms with van der Waals surface area (Å²) in [6.45, 7) is 4.14. The number of nitrogens with one attached hydrogen (secondary N) is 1. The molecule has 2 aromatic rings. The molecule has 24 heavy (non-hydrogen) atoms. The van der Waals surface area contributed by atoms with Crippen LogP contribution < -0.4 is 5.32 Å². The van der Waals surface area contributed by atoms with Crippen molar-refractivity contribution < 1.29 is 18.7 Å². The second kappa shape index (κ2) is 9.17. The summed E-state index contributed by atoms with van der Waals surface area (Å²) >= 11 is 1.42. The lowest BCUT2D eigenvalue weighted by Gasteiger charge is -2.05. The van der Waals surface area contributed by atoms with Crippen LogP contribution in [0.3, 0.4) is 0 Å². The van der Waals surface area contributed by atoms with Crippen LogP contribution in [0.1, 0.15) is 35.7 Å². The highest BCUT2D eigenvalue weighted by Crippen LogP contribution is 2.17. The highest BCUT2D eigenvalue weighted by Gasteiger charge is 2.12. The average Bonchev–Trinajstić information content (AvgIpc) is 3.05. The van der Waals surface area contributed by atoms with Crippen LogP contribution in [0, 0.1) is 0 Å². The minimum Gasteiger partial charge on any atom is -0.460 e. The van der Waals surface area contributed by atoms with Crippen LogP contribution in [0.15, 0.2) is 40.8 Å². The van der Waals surface area contributed by atoms with Gasteiger partial charge in [-0.05, 0) is 43.2 Å². The third kappa shape index (κ3) is 5.45. The van der Waals surface area contributed by atoms with Gasteiger partial charge in [-0.15, -0.1) is 11.8 Å². The van der Waals surface area contributed by atoms with Gasteiger partial charge in [-0.1, -0.05) is 19.1 Å². The molecule has 1 N–H and O–H groups in total. The summed E-state index contributed by atoms with van der Waals surface area (Å²) in [5.74, 6) is 1.12. The second-order valence-electron chi connectivity index (χ2n) is 5.08. The first-order valence-corrected chi connectivity index (χ1v) is 9.00. The van der Waals surface area contributed by atoms with Gasteiger partial charge in [0.15, 0.2) is 0 Å². The van der Waals surface area contributed by atoms with Crippen molar-refractivity contribution in [2.24, 2.45) is 0 Å². The molecule has 0 aliphatic heterocycles. The van der Waals surface area contributed by atoms with Gasteiger partial charge in [0.2, 0.25) is 11.7 Å². The Hall–Kier alpha value is -2.21. The summed E-state index contributed by atoms with van der Waals surface area (Å²) in [6, 6.07) is 11.1. The molecule has 1 aromatic carbocycles. The Labute approximate surface area is 145 Å². The first-order valence-electron chi connectivity index (χ1n) is 7.84. The third-order valence-corrected chi connectivity index (χ3v) is 4.22. The van der Waals surface area contributed by atoms with E-state index in [1.165, 1.54) is 17.3 Å². The Bertz CT molecular complexity index is 679. The zero-order valence-corrected chi connectivity index (χ0v) is 14.7. The number of carbonyl (C=O) groups is 2. The monoisotopic (exact) mass is 347 g/mol. The van der Waals surface area contributed by atoms with E-state index < -0.39 is 5.97 Å². The second-order valence-corrected chi connectivity index (χ2v) is 6.06. The minimum atomic E-state index is -0.470. The molecule has 0 aliphatic rings. The molecule has 0 saturated carbocycles. The summed E-state index contributed by atoms with van der Waals surface area (Å²) in [7, 11) is 0.